The van der Waals surface area contributed by atoms with E-state index in [0.29, 0.717) is 12.8 Å². The third-order valence-electron chi connectivity index (χ3n) is 8.36. The van der Waals surface area contributed by atoms with Gasteiger partial charge in [0.2, 0.25) is 0 Å². The molecule has 6 rings (SSSR count). The summed E-state index contributed by atoms with van der Waals surface area (Å²) in [7, 11) is 0. The van der Waals surface area contributed by atoms with Gasteiger partial charge in [-0.1, -0.05) is 0 Å². The summed E-state index contributed by atoms with van der Waals surface area (Å²) in [5, 5.41) is 19.4. The molecule has 0 unspecified atom stereocenters. The molecule has 0 radical (unpaired) electrons. The summed E-state index contributed by atoms with van der Waals surface area (Å²) in [6.07, 6.45) is 0.533. The molecule has 2 N–H and O–H groups in total. The molecule has 4 saturated carbocycles. The zero-order chi connectivity index (χ0) is 18.1. The summed E-state index contributed by atoms with van der Waals surface area (Å²) < 4.78 is 11.2. The maximum atomic E-state index is 12.2. The van der Waals surface area contributed by atoms with Crippen LogP contribution < -0.4 is 0 Å². The van der Waals surface area contributed by atoms with Crippen LogP contribution in [-0.2, 0) is 28.7 Å². The fourth-order valence-electron chi connectivity index (χ4n) is 7.89. The predicted molar refractivity (Wildman–Crippen MR) is 79.2 cm³/mol. The van der Waals surface area contributed by atoms with Crippen LogP contribution in [0.25, 0.3) is 0 Å². The highest BCUT2D eigenvalue weighted by Gasteiger charge is 2.76. The molecule has 2 heterocycles. The van der Waals surface area contributed by atoms with Crippen molar-refractivity contribution in [3.63, 3.8) is 0 Å². The van der Waals surface area contributed by atoms with E-state index >= 15 is 0 Å². The average Bonchev–Trinajstić information content (AvgIpc) is 3.32. The van der Waals surface area contributed by atoms with E-state index in [1.807, 2.05) is 0 Å². The van der Waals surface area contributed by atoms with Gasteiger partial charge in [0.05, 0.1) is 23.7 Å². The maximum absolute atomic E-state index is 12.2. The second-order valence-electron chi connectivity index (χ2n) is 8.86. The fraction of sp³-hybridized carbons (Fsp3) is 0.778. The van der Waals surface area contributed by atoms with Crippen LogP contribution in [0.2, 0.25) is 0 Å². The molecule has 4 bridgehead atoms. The molecule has 2 saturated heterocycles. The number of hydrogen-bond acceptors (Lipinski definition) is 6. The second kappa shape index (κ2) is 4.40. The lowest BCUT2D eigenvalue weighted by Gasteiger charge is -2.40. The molecule has 138 valence electrons. The molecule has 0 spiro atoms. The first-order valence-corrected chi connectivity index (χ1v) is 9.26. The zero-order valence-corrected chi connectivity index (χ0v) is 13.7. The smallest absolute Gasteiger partial charge is 0.310 e. The fourth-order valence-corrected chi connectivity index (χ4v) is 7.89. The van der Waals surface area contributed by atoms with Gasteiger partial charge >= 0.3 is 23.9 Å². The molecule has 6 fully saturated rings. The Morgan fingerprint density at radius 2 is 1.12 bits per heavy atom. The van der Waals surface area contributed by atoms with Crippen LogP contribution in [0.1, 0.15) is 12.8 Å². The van der Waals surface area contributed by atoms with Gasteiger partial charge in [-0.05, 0) is 24.7 Å². The first-order chi connectivity index (χ1) is 12.4. The number of carbonyl (C=O) groups excluding carboxylic acids is 2. The number of hydrogen-bond donors (Lipinski definition) is 2. The summed E-state index contributed by atoms with van der Waals surface area (Å²) in [4.78, 5) is 48.2. The lowest BCUT2D eigenvalue weighted by Crippen LogP contribution is -2.48. The summed E-state index contributed by atoms with van der Waals surface area (Å²) in [6, 6.07) is 0. The summed E-state index contributed by atoms with van der Waals surface area (Å²) in [5.41, 5.74) is 0. The first-order valence-electron chi connectivity index (χ1n) is 9.26. The SMILES string of the molecule is O=C(O)[C@@H]1[C@H]2C[C@@H]3[C@@H](OC(=O)[C@@H]31)[C@H]2[C@H]1[C@@H]2C[C@@H]3[C@H]1OC(=O)[C@@H]3[C@@H]2C(=O)O. The van der Waals surface area contributed by atoms with Crippen molar-refractivity contribution in [2.75, 3.05) is 0 Å². The van der Waals surface area contributed by atoms with Gasteiger partial charge in [0.1, 0.15) is 12.2 Å². The van der Waals surface area contributed by atoms with Gasteiger partial charge in [-0.3, -0.25) is 19.2 Å². The second-order valence-corrected chi connectivity index (χ2v) is 8.86. The Balaban J connectivity index is 1.43. The van der Waals surface area contributed by atoms with Crippen molar-refractivity contribution in [1.82, 2.24) is 0 Å². The molecule has 8 nitrogen and oxygen atoms in total. The Bertz CT molecular complexity index is 711. The van der Waals surface area contributed by atoms with Crippen LogP contribution in [0.15, 0.2) is 0 Å². The van der Waals surface area contributed by atoms with Gasteiger partial charge in [-0.25, -0.2) is 0 Å². The molecule has 8 heteroatoms. The quantitative estimate of drug-likeness (QED) is 0.672. The minimum absolute atomic E-state index is 0.103. The highest BCUT2D eigenvalue weighted by Crippen LogP contribution is 2.69. The Morgan fingerprint density at radius 3 is 1.46 bits per heavy atom. The largest absolute Gasteiger partial charge is 0.481 e. The molecular weight excluding hydrogens is 344 g/mol. The number of carboxylic acids is 2. The van der Waals surface area contributed by atoms with Gasteiger partial charge < -0.3 is 19.7 Å². The van der Waals surface area contributed by atoms with Crippen molar-refractivity contribution in [3.05, 3.63) is 0 Å². The van der Waals surface area contributed by atoms with Crippen molar-refractivity contribution in [2.24, 2.45) is 59.2 Å². The highest BCUT2D eigenvalue weighted by atomic mass is 16.6. The van der Waals surface area contributed by atoms with Crippen LogP contribution in [0.3, 0.4) is 0 Å². The van der Waals surface area contributed by atoms with Gasteiger partial charge in [-0.15, -0.1) is 0 Å². The maximum Gasteiger partial charge on any atom is 0.310 e. The van der Waals surface area contributed by atoms with Gasteiger partial charge in [0.25, 0.3) is 0 Å². The molecule has 12 atom stereocenters. The minimum Gasteiger partial charge on any atom is -0.481 e. The number of carboxylic acid groups (broad SMARTS) is 2. The standard InChI is InChI=1S/C18H18O8/c19-15(20)9-3-1-5-11(9)17(23)25-13(5)7(3)8-4-2-6-12(10(4)16(21)22)18(24)26-14(6)8/h3-14H,1-2H2,(H,19,20)(H,21,22)/t3-,4-,5-,6-,7+,8+,9+,10+,11-,12-,13+,14+/m0/s1. The Hall–Kier alpha value is -2.12. The Morgan fingerprint density at radius 1 is 0.731 bits per heavy atom. The van der Waals surface area contributed by atoms with Crippen LogP contribution in [-0.4, -0.2) is 46.3 Å². The lowest BCUT2D eigenvalue weighted by molar-refractivity contribution is -0.151. The van der Waals surface area contributed by atoms with Crippen LogP contribution in [0.4, 0.5) is 0 Å². The lowest BCUT2D eigenvalue weighted by atomic mass is 9.62. The number of esters is 2. The summed E-state index contributed by atoms with van der Waals surface area (Å²) in [6.45, 7) is 0. The number of ether oxygens (including phenoxy) is 2. The van der Waals surface area contributed by atoms with Crippen molar-refractivity contribution < 1.29 is 38.9 Å². The summed E-state index contributed by atoms with van der Waals surface area (Å²) in [5.74, 6) is -6.61. The topological polar surface area (TPSA) is 127 Å². The number of rotatable bonds is 3. The van der Waals surface area contributed by atoms with E-state index in [-0.39, 0.29) is 47.7 Å². The van der Waals surface area contributed by atoms with Gasteiger partial charge in [0, 0.05) is 23.7 Å². The van der Waals surface area contributed by atoms with E-state index in [1.54, 1.807) is 0 Å². The molecule has 4 aliphatic carbocycles. The average molecular weight is 362 g/mol. The first kappa shape index (κ1) is 15.0. The number of fused-ring (bicyclic) bond motifs is 2. The van der Waals surface area contributed by atoms with Gasteiger partial charge in [0.15, 0.2) is 0 Å². The van der Waals surface area contributed by atoms with E-state index < -0.39 is 47.5 Å². The van der Waals surface area contributed by atoms with Crippen molar-refractivity contribution >= 4 is 23.9 Å². The Kier molecular flexibility index (Phi) is 2.54. The molecular formula is C18H18O8. The number of aliphatic carboxylic acids is 2. The molecule has 0 aromatic heterocycles. The third-order valence-corrected chi connectivity index (χ3v) is 8.36. The van der Waals surface area contributed by atoms with E-state index in [4.69, 9.17) is 9.47 Å². The van der Waals surface area contributed by atoms with Crippen molar-refractivity contribution in [2.45, 2.75) is 25.0 Å². The molecule has 0 aromatic carbocycles. The molecule has 2 aliphatic heterocycles. The third kappa shape index (κ3) is 1.42. The predicted octanol–water partition coefficient (Wildman–Crippen LogP) is 0.00300. The Labute approximate surface area is 147 Å². The molecule has 6 aliphatic rings. The monoisotopic (exact) mass is 362 g/mol. The zero-order valence-electron chi connectivity index (χ0n) is 13.7. The van der Waals surface area contributed by atoms with E-state index in [2.05, 4.69) is 0 Å². The molecule has 0 aromatic rings. The van der Waals surface area contributed by atoms with Crippen LogP contribution in [0.5, 0.6) is 0 Å². The van der Waals surface area contributed by atoms with Gasteiger partial charge in [-0.2, -0.15) is 0 Å². The van der Waals surface area contributed by atoms with E-state index in [9.17, 15) is 29.4 Å². The van der Waals surface area contributed by atoms with E-state index in [1.165, 1.54) is 0 Å². The van der Waals surface area contributed by atoms with Crippen LogP contribution in [0, 0.1) is 59.2 Å². The van der Waals surface area contributed by atoms with Crippen LogP contribution >= 0.6 is 0 Å². The molecule has 0 amide bonds. The molecule has 26 heavy (non-hydrogen) atoms. The number of carbonyl (C=O) groups is 4. The highest BCUT2D eigenvalue weighted by molar-refractivity contribution is 5.86. The normalized spacial score (nSPS) is 57.5. The van der Waals surface area contributed by atoms with Crippen molar-refractivity contribution in [3.8, 4) is 0 Å². The van der Waals surface area contributed by atoms with Crippen molar-refractivity contribution in [1.29, 1.82) is 0 Å². The van der Waals surface area contributed by atoms with E-state index in [0.717, 1.165) is 0 Å². The summed E-state index contributed by atoms with van der Waals surface area (Å²) >= 11 is 0. The minimum atomic E-state index is -0.982.